The van der Waals surface area contributed by atoms with Crippen LogP contribution in [0.1, 0.15) is 38.2 Å². The fourth-order valence-electron chi connectivity index (χ4n) is 5.33. The van der Waals surface area contributed by atoms with Crippen LogP contribution in [0, 0.1) is 0 Å². The summed E-state index contributed by atoms with van der Waals surface area (Å²) in [4.78, 5) is 22.0. The van der Waals surface area contributed by atoms with Crippen molar-refractivity contribution < 1.29 is 13.2 Å². The summed E-state index contributed by atoms with van der Waals surface area (Å²) >= 11 is 0. The van der Waals surface area contributed by atoms with Gasteiger partial charge in [0.1, 0.15) is 10.9 Å². The van der Waals surface area contributed by atoms with E-state index in [-0.39, 0.29) is 35.5 Å². The minimum atomic E-state index is -3.70. The highest BCUT2D eigenvalue weighted by Gasteiger charge is 2.47. The Labute approximate surface area is 183 Å². The van der Waals surface area contributed by atoms with E-state index in [1.54, 1.807) is 28.8 Å². The summed E-state index contributed by atoms with van der Waals surface area (Å²) in [6.45, 7) is 3.54. The zero-order valence-corrected chi connectivity index (χ0v) is 18.5. The second kappa shape index (κ2) is 7.91. The van der Waals surface area contributed by atoms with Crippen molar-refractivity contribution in [2.75, 3.05) is 18.0 Å². The summed E-state index contributed by atoms with van der Waals surface area (Å²) in [6, 6.07) is 10.8. The molecule has 0 bridgehead atoms. The highest BCUT2D eigenvalue weighted by Crippen LogP contribution is 2.41. The summed E-state index contributed by atoms with van der Waals surface area (Å²) in [5.41, 5.74) is 1.51. The molecule has 2 aromatic rings. The van der Waals surface area contributed by atoms with Gasteiger partial charge in [-0.25, -0.2) is 8.42 Å². The first-order chi connectivity index (χ1) is 15.0. The van der Waals surface area contributed by atoms with Gasteiger partial charge in [0.2, 0.25) is 15.9 Å². The standard InChI is InChI=1S/C23H28N4O3S/c1-17-6-5-13-26(17)23(28)21-11-10-19-16-25(15-18-7-4-12-24-14-18)31(29,30)22-9-3-2-8-20(22)27(19)21/h2-4,7-9,12,14,17,19,21H,5-6,10-11,13,15-16H2,1H3. The molecule has 0 radical (unpaired) electrons. The van der Waals surface area contributed by atoms with Crippen molar-refractivity contribution in [3.63, 3.8) is 0 Å². The second-order valence-corrected chi connectivity index (χ2v) is 10.7. The third-order valence-corrected chi connectivity index (χ3v) is 8.74. The number of hydrogen-bond acceptors (Lipinski definition) is 5. The first-order valence-corrected chi connectivity index (χ1v) is 12.5. The van der Waals surface area contributed by atoms with Crippen molar-refractivity contribution >= 4 is 21.6 Å². The van der Waals surface area contributed by atoms with E-state index in [1.807, 2.05) is 29.2 Å². The first-order valence-electron chi connectivity index (χ1n) is 11.0. The van der Waals surface area contributed by atoms with Gasteiger partial charge >= 0.3 is 0 Å². The van der Waals surface area contributed by atoms with Crippen LogP contribution in [-0.4, -0.2) is 59.7 Å². The fraction of sp³-hybridized carbons (Fsp3) is 0.478. The number of sulfonamides is 1. The molecule has 3 aliphatic rings. The van der Waals surface area contributed by atoms with Gasteiger partial charge in [-0.15, -0.1) is 0 Å². The van der Waals surface area contributed by atoms with Crippen LogP contribution in [0.15, 0.2) is 53.7 Å². The Balaban J connectivity index is 1.53. The average molecular weight is 441 g/mol. The number of anilines is 1. The number of amides is 1. The lowest BCUT2D eigenvalue weighted by molar-refractivity contribution is -0.133. The van der Waals surface area contributed by atoms with Crippen LogP contribution >= 0.6 is 0 Å². The summed E-state index contributed by atoms with van der Waals surface area (Å²) in [5, 5.41) is 0. The molecule has 2 fully saturated rings. The van der Waals surface area contributed by atoms with E-state index < -0.39 is 10.0 Å². The van der Waals surface area contributed by atoms with Crippen molar-refractivity contribution in [1.29, 1.82) is 0 Å². The molecule has 3 atom stereocenters. The molecule has 3 unspecified atom stereocenters. The third-order valence-electron chi connectivity index (χ3n) is 6.88. The van der Waals surface area contributed by atoms with Gasteiger partial charge in [-0.2, -0.15) is 4.31 Å². The molecular weight excluding hydrogens is 412 g/mol. The molecule has 1 amide bonds. The Morgan fingerprint density at radius 2 is 1.97 bits per heavy atom. The van der Waals surface area contributed by atoms with Gasteiger partial charge in [-0.05, 0) is 56.4 Å². The molecule has 5 rings (SSSR count). The van der Waals surface area contributed by atoms with E-state index >= 15 is 0 Å². The van der Waals surface area contributed by atoms with Crippen LogP contribution in [0.5, 0.6) is 0 Å². The van der Waals surface area contributed by atoms with Gasteiger partial charge < -0.3 is 9.80 Å². The maximum Gasteiger partial charge on any atom is 0.245 e. The van der Waals surface area contributed by atoms with Crippen molar-refractivity contribution in [3.8, 4) is 0 Å². The van der Waals surface area contributed by atoms with Crippen molar-refractivity contribution in [2.45, 2.75) is 62.2 Å². The zero-order valence-electron chi connectivity index (χ0n) is 17.7. The number of rotatable bonds is 3. The minimum Gasteiger partial charge on any atom is -0.354 e. The van der Waals surface area contributed by atoms with Gasteiger partial charge in [0, 0.05) is 44.1 Å². The van der Waals surface area contributed by atoms with Crippen molar-refractivity contribution in [2.24, 2.45) is 0 Å². The minimum absolute atomic E-state index is 0.0260. The number of fused-ring (bicyclic) bond motifs is 3. The molecule has 31 heavy (non-hydrogen) atoms. The summed E-state index contributed by atoms with van der Waals surface area (Å²) in [5.74, 6) is 0.139. The quantitative estimate of drug-likeness (QED) is 0.734. The van der Waals surface area contributed by atoms with E-state index in [4.69, 9.17) is 0 Å². The zero-order chi connectivity index (χ0) is 21.6. The lowest BCUT2D eigenvalue weighted by atomic mass is 10.1. The third kappa shape index (κ3) is 3.51. The maximum atomic E-state index is 13.6. The topological polar surface area (TPSA) is 73.8 Å². The molecule has 0 N–H and O–H groups in total. The van der Waals surface area contributed by atoms with Crippen LogP contribution in [0.4, 0.5) is 5.69 Å². The molecule has 0 spiro atoms. The van der Waals surface area contributed by atoms with E-state index in [0.29, 0.717) is 12.2 Å². The van der Waals surface area contributed by atoms with Gasteiger partial charge in [-0.1, -0.05) is 18.2 Å². The van der Waals surface area contributed by atoms with Crippen LogP contribution in [0.25, 0.3) is 0 Å². The van der Waals surface area contributed by atoms with E-state index in [2.05, 4.69) is 16.8 Å². The highest BCUT2D eigenvalue weighted by atomic mass is 32.2. The molecule has 1 aromatic carbocycles. The number of nitrogens with zero attached hydrogens (tertiary/aromatic N) is 4. The molecule has 4 heterocycles. The summed E-state index contributed by atoms with van der Waals surface area (Å²) < 4.78 is 28.8. The van der Waals surface area contributed by atoms with E-state index in [0.717, 1.165) is 37.8 Å². The van der Waals surface area contributed by atoms with Crippen LogP contribution in [-0.2, 0) is 21.4 Å². The molecule has 0 saturated carbocycles. The van der Waals surface area contributed by atoms with E-state index in [1.165, 1.54) is 0 Å². The van der Waals surface area contributed by atoms with Gasteiger partial charge in [0.25, 0.3) is 0 Å². The largest absolute Gasteiger partial charge is 0.354 e. The van der Waals surface area contributed by atoms with Crippen LogP contribution in [0.3, 0.4) is 0 Å². The number of carbonyl (C=O) groups excluding carboxylic acids is 1. The Morgan fingerprint density at radius 1 is 1.13 bits per heavy atom. The number of aromatic nitrogens is 1. The molecule has 2 saturated heterocycles. The molecule has 8 heteroatoms. The average Bonchev–Trinajstić information content (AvgIpc) is 3.37. The van der Waals surface area contributed by atoms with Crippen molar-refractivity contribution in [3.05, 3.63) is 54.4 Å². The molecule has 1 aromatic heterocycles. The monoisotopic (exact) mass is 440 g/mol. The highest BCUT2D eigenvalue weighted by molar-refractivity contribution is 7.89. The van der Waals surface area contributed by atoms with E-state index in [9.17, 15) is 13.2 Å². The molecule has 7 nitrogen and oxygen atoms in total. The predicted octanol–water partition coefficient (Wildman–Crippen LogP) is 2.63. The number of hydrogen-bond donors (Lipinski definition) is 0. The number of carbonyl (C=O) groups is 1. The van der Waals surface area contributed by atoms with Crippen LogP contribution in [0.2, 0.25) is 0 Å². The smallest absolute Gasteiger partial charge is 0.245 e. The summed E-state index contributed by atoms with van der Waals surface area (Å²) in [7, 11) is -3.70. The molecule has 3 aliphatic heterocycles. The van der Waals surface area contributed by atoms with Crippen LogP contribution < -0.4 is 4.90 Å². The molecular formula is C23H28N4O3S. The molecule has 164 valence electrons. The Hall–Kier alpha value is -2.45. The van der Waals surface area contributed by atoms with Gasteiger partial charge in [0.05, 0.1) is 5.69 Å². The maximum absolute atomic E-state index is 13.6. The normalized spacial score (nSPS) is 27.6. The number of benzene rings is 1. The Kier molecular flexibility index (Phi) is 5.22. The first kappa shape index (κ1) is 20.5. The second-order valence-electron chi connectivity index (χ2n) is 8.80. The number of likely N-dealkylation sites (tertiary alicyclic amines) is 1. The Morgan fingerprint density at radius 3 is 2.71 bits per heavy atom. The SMILES string of the molecule is CC1CCCN1C(=O)C1CCC2CN(Cc3cccnc3)S(=O)(=O)c3ccccc3N21. The Bertz CT molecular complexity index is 1080. The van der Waals surface area contributed by atoms with Crippen molar-refractivity contribution in [1.82, 2.24) is 14.2 Å². The number of para-hydroxylation sites is 1. The predicted molar refractivity (Wildman–Crippen MR) is 118 cm³/mol. The summed E-state index contributed by atoms with van der Waals surface area (Å²) in [6.07, 6.45) is 7.01. The fourth-order valence-corrected chi connectivity index (χ4v) is 6.98. The van der Waals surface area contributed by atoms with Gasteiger partial charge in [-0.3, -0.25) is 9.78 Å². The van der Waals surface area contributed by atoms with Gasteiger partial charge in [0.15, 0.2) is 0 Å². The number of pyridine rings is 1. The lowest BCUT2D eigenvalue weighted by Crippen LogP contribution is -2.50. The molecule has 0 aliphatic carbocycles. The lowest BCUT2D eigenvalue weighted by Gasteiger charge is -2.34.